The van der Waals surface area contributed by atoms with Crippen molar-refractivity contribution in [2.24, 2.45) is 11.8 Å². The van der Waals surface area contributed by atoms with Gasteiger partial charge in [0, 0.05) is 44.2 Å². The lowest BCUT2D eigenvalue weighted by Gasteiger charge is -2.59. The standard InChI is InChI=1S/C20H31N3O/c1-22-10-7-19(14-24-13-18-5-8-21-9-6-18)11-20(22)15-23(16-20)12-17-3-2-4-17/h5-6,8-9,17,19H,2-4,7,10-16H2,1H3/t19-/m1/s1. The molecule has 0 aromatic carbocycles. The van der Waals surface area contributed by atoms with Gasteiger partial charge in [0.25, 0.3) is 0 Å². The number of likely N-dealkylation sites (N-methyl/N-ethyl adjacent to an activating group) is 1. The van der Waals surface area contributed by atoms with Crippen LogP contribution in [0.2, 0.25) is 0 Å². The average Bonchev–Trinajstić information content (AvgIpc) is 2.52. The monoisotopic (exact) mass is 329 g/mol. The summed E-state index contributed by atoms with van der Waals surface area (Å²) in [6, 6.07) is 4.08. The number of pyridine rings is 1. The van der Waals surface area contributed by atoms with E-state index in [1.165, 1.54) is 63.8 Å². The fourth-order valence-corrected chi connectivity index (χ4v) is 4.70. The molecule has 2 saturated heterocycles. The van der Waals surface area contributed by atoms with Gasteiger partial charge in [0.15, 0.2) is 0 Å². The smallest absolute Gasteiger partial charge is 0.0718 e. The van der Waals surface area contributed by atoms with Crippen LogP contribution in [0.5, 0.6) is 0 Å². The Morgan fingerprint density at radius 2 is 1.96 bits per heavy atom. The molecular formula is C20H31N3O. The highest BCUT2D eigenvalue weighted by molar-refractivity contribution is 5.08. The van der Waals surface area contributed by atoms with Crippen LogP contribution in [0.4, 0.5) is 0 Å². The van der Waals surface area contributed by atoms with Crippen molar-refractivity contribution in [3.63, 3.8) is 0 Å². The molecule has 1 spiro atoms. The molecule has 0 radical (unpaired) electrons. The highest BCUT2D eigenvalue weighted by Crippen LogP contribution is 2.40. The van der Waals surface area contributed by atoms with Crippen LogP contribution in [-0.2, 0) is 11.3 Å². The van der Waals surface area contributed by atoms with Crippen LogP contribution in [-0.4, -0.2) is 60.2 Å². The van der Waals surface area contributed by atoms with Crippen molar-refractivity contribution >= 4 is 0 Å². The lowest BCUT2D eigenvalue weighted by atomic mass is 9.74. The Morgan fingerprint density at radius 1 is 1.17 bits per heavy atom. The number of piperidine rings is 1. The minimum absolute atomic E-state index is 0.437. The Kier molecular flexibility index (Phi) is 4.88. The van der Waals surface area contributed by atoms with Gasteiger partial charge < -0.3 is 4.74 Å². The highest BCUT2D eigenvalue weighted by Gasteiger charge is 2.49. The van der Waals surface area contributed by atoms with Crippen molar-refractivity contribution in [3.05, 3.63) is 30.1 Å². The van der Waals surface area contributed by atoms with Crippen LogP contribution in [0.1, 0.15) is 37.7 Å². The summed E-state index contributed by atoms with van der Waals surface area (Å²) in [4.78, 5) is 9.38. The average molecular weight is 329 g/mol. The summed E-state index contributed by atoms with van der Waals surface area (Å²) in [6.07, 6.45) is 10.6. The Hall–Kier alpha value is -0.970. The molecule has 1 saturated carbocycles. The number of hydrogen-bond donors (Lipinski definition) is 0. The summed E-state index contributed by atoms with van der Waals surface area (Å²) in [5, 5.41) is 0. The zero-order chi connectivity index (χ0) is 16.4. The summed E-state index contributed by atoms with van der Waals surface area (Å²) in [5.41, 5.74) is 1.66. The number of nitrogens with zero attached hydrogens (tertiary/aromatic N) is 3. The number of rotatable bonds is 6. The van der Waals surface area contributed by atoms with Gasteiger partial charge in [-0.15, -0.1) is 0 Å². The highest BCUT2D eigenvalue weighted by atomic mass is 16.5. The van der Waals surface area contributed by atoms with Crippen LogP contribution >= 0.6 is 0 Å². The molecule has 0 amide bonds. The number of hydrogen-bond acceptors (Lipinski definition) is 4. The van der Waals surface area contributed by atoms with Gasteiger partial charge in [-0.2, -0.15) is 0 Å². The van der Waals surface area contributed by atoms with E-state index in [4.69, 9.17) is 4.74 Å². The Morgan fingerprint density at radius 3 is 2.67 bits per heavy atom. The molecule has 1 aromatic rings. The van der Waals surface area contributed by atoms with Crippen molar-refractivity contribution < 1.29 is 4.74 Å². The minimum Gasteiger partial charge on any atom is -0.376 e. The Balaban J connectivity index is 1.23. The molecule has 2 aliphatic heterocycles. The SMILES string of the molecule is CN1CC[C@@H](COCc2ccncc2)CC12CN(CC1CCC1)C2. The molecule has 24 heavy (non-hydrogen) atoms. The molecule has 1 aliphatic carbocycles. The first-order valence-corrected chi connectivity index (χ1v) is 9.64. The second-order valence-electron chi connectivity index (χ2n) is 8.34. The second kappa shape index (κ2) is 7.11. The van der Waals surface area contributed by atoms with Gasteiger partial charge in [0.05, 0.1) is 6.61 Å². The summed E-state index contributed by atoms with van der Waals surface area (Å²) in [7, 11) is 2.33. The topological polar surface area (TPSA) is 28.6 Å². The van der Waals surface area contributed by atoms with Crippen molar-refractivity contribution in [2.45, 2.75) is 44.2 Å². The summed E-state index contributed by atoms with van der Waals surface area (Å²) < 4.78 is 6.01. The van der Waals surface area contributed by atoms with Crippen molar-refractivity contribution in [1.29, 1.82) is 0 Å². The van der Waals surface area contributed by atoms with Crippen LogP contribution in [0.3, 0.4) is 0 Å². The maximum atomic E-state index is 6.01. The summed E-state index contributed by atoms with van der Waals surface area (Å²) in [6.45, 7) is 6.75. The van der Waals surface area contributed by atoms with Gasteiger partial charge in [0.1, 0.15) is 0 Å². The maximum Gasteiger partial charge on any atom is 0.0718 e. The molecule has 0 N–H and O–H groups in total. The molecular weight excluding hydrogens is 298 g/mol. The fraction of sp³-hybridized carbons (Fsp3) is 0.750. The molecule has 4 nitrogen and oxygen atoms in total. The van der Waals surface area contributed by atoms with E-state index in [-0.39, 0.29) is 0 Å². The van der Waals surface area contributed by atoms with E-state index in [1.807, 2.05) is 24.5 Å². The van der Waals surface area contributed by atoms with E-state index in [0.717, 1.165) is 19.1 Å². The van der Waals surface area contributed by atoms with E-state index in [2.05, 4.69) is 21.8 Å². The van der Waals surface area contributed by atoms with E-state index < -0.39 is 0 Å². The fourth-order valence-electron chi connectivity index (χ4n) is 4.70. The van der Waals surface area contributed by atoms with E-state index >= 15 is 0 Å². The van der Waals surface area contributed by atoms with E-state index in [9.17, 15) is 0 Å². The predicted octanol–water partition coefficient (Wildman–Crippen LogP) is 2.79. The predicted molar refractivity (Wildman–Crippen MR) is 95.8 cm³/mol. The van der Waals surface area contributed by atoms with E-state index in [0.29, 0.717) is 11.5 Å². The molecule has 1 aromatic heterocycles. The molecule has 0 bridgehead atoms. The first kappa shape index (κ1) is 16.5. The quantitative estimate of drug-likeness (QED) is 0.802. The molecule has 3 aliphatic rings. The van der Waals surface area contributed by atoms with Gasteiger partial charge in [0.2, 0.25) is 0 Å². The van der Waals surface area contributed by atoms with Crippen molar-refractivity contribution in [1.82, 2.24) is 14.8 Å². The van der Waals surface area contributed by atoms with Gasteiger partial charge in [-0.3, -0.25) is 14.8 Å². The van der Waals surface area contributed by atoms with Gasteiger partial charge in [-0.25, -0.2) is 0 Å². The van der Waals surface area contributed by atoms with Gasteiger partial charge in [-0.1, -0.05) is 6.42 Å². The number of likely N-dealkylation sites (tertiary alicyclic amines) is 2. The Bertz CT molecular complexity index is 525. The van der Waals surface area contributed by atoms with Crippen molar-refractivity contribution in [2.75, 3.05) is 39.8 Å². The molecule has 3 fully saturated rings. The minimum atomic E-state index is 0.437. The first-order chi connectivity index (χ1) is 11.7. The number of ether oxygens (including phenoxy) is 1. The molecule has 1 atom stereocenters. The van der Waals surface area contributed by atoms with Gasteiger partial charge >= 0.3 is 0 Å². The first-order valence-electron chi connectivity index (χ1n) is 9.64. The molecule has 0 unspecified atom stereocenters. The zero-order valence-electron chi connectivity index (χ0n) is 15.0. The van der Waals surface area contributed by atoms with Crippen molar-refractivity contribution in [3.8, 4) is 0 Å². The lowest BCUT2D eigenvalue weighted by molar-refractivity contribution is -0.0972. The third kappa shape index (κ3) is 3.51. The number of aromatic nitrogens is 1. The van der Waals surface area contributed by atoms with Crippen LogP contribution in [0, 0.1) is 11.8 Å². The summed E-state index contributed by atoms with van der Waals surface area (Å²) in [5.74, 6) is 1.71. The normalized spacial score (nSPS) is 27.8. The lowest BCUT2D eigenvalue weighted by Crippen LogP contribution is -2.72. The van der Waals surface area contributed by atoms with Gasteiger partial charge in [-0.05, 0) is 68.8 Å². The zero-order valence-corrected chi connectivity index (χ0v) is 15.0. The summed E-state index contributed by atoms with van der Waals surface area (Å²) >= 11 is 0. The molecule has 3 heterocycles. The second-order valence-corrected chi connectivity index (χ2v) is 8.34. The van der Waals surface area contributed by atoms with Crippen LogP contribution in [0.25, 0.3) is 0 Å². The molecule has 4 rings (SSSR count). The third-order valence-electron chi connectivity index (χ3n) is 6.50. The van der Waals surface area contributed by atoms with Crippen LogP contribution < -0.4 is 0 Å². The third-order valence-corrected chi connectivity index (χ3v) is 6.50. The largest absolute Gasteiger partial charge is 0.376 e. The molecule has 132 valence electrons. The van der Waals surface area contributed by atoms with Crippen LogP contribution in [0.15, 0.2) is 24.5 Å². The maximum absolute atomic E-state index is 6.01. The van der Waals surface area contributed by atoms with E-state index in [1.54, 1.807) is 0 Å². The molecule has 4 heteroatoms. The Labute approximate surface area is 146 Å².